The minimum absolute atomic E-state index is 0.0487. The number of carbonyl (C=O) groups is 2. The first-order valence-corrected chi connectivity index (χ1v) is 6.79. The number of fused-ring (bicyclic) bond motifs is 1. The van der Waals surface area contributed by atoms with Gasteiger partial charge in [-0.1, -0.05) is 30.0 Å². The van der Waals surface area contributed by atoms with Crippen LogP contribution >= 0.6 is 11.8 Å². The number of hydrogen-bond donors (Lipinski definition) is 1. The SMILES string of the molecule is O=C1NC(=O)c2c(Sc3ccccc3)cc([N+](=O)[O-])cc21. The normalized spacial score (nSPS) is 13.0. The zero-order valence-electron chi connectivity index (χ0n) is 10.5. The third-order valence-electron chi connectivity index (χ3n) is 2.97. The third-order valence-corrected chi connectivity index (χ3v) is 4.02. The maximum Gasteiger partial charge on any atom is 0.271 e. The van der Waals surface area contributed by atoms with E-state index in [1.807, 2.05) is 30.3 Å². The number of amides is 2. The van der Waals surface area contributed by atoms with Crippen molar-refractivity contribution in [2.45, 2.75) is 9.79 Å². The average Bonchev–Trinajstić information content (AvgIpc) is 2.75. The van der Waals surface area contributed by atoms with Crippen molar-refractivity contribution < 1.29 is 14.5 Å². The lowest BCUT2D eigenvalue weighted by Crippen LogP contribution is -2.20. The summed E-state index contributed by atoms with van der Waals surface area (Å²) in [4.78, 5) is 35.2. The first-order valence-electron chi connectivity index (χ1n) is 5.97. The van der Waals surface area contributed by atoms with E-state index in [2.05, 4.69) is 5.32 Å². The Morgan fingerprint density at radius 1 is 1.05 bits per heavy atom. The van der Waals surface area contributed by atoms with Gasteiger partial charge in [0.2, 0.25) is 0 Å². The van der Waals surface area contributed by atoms with Gasteiger partial charge in [-0.3, -0.25) is 25.0 Å². The van der Waals surface area contributed by atoms with Crippen LogP contribution in [0.4, 0.5) is 5.69 Å². The van der Waals surface area contributed by atoms with E-state index >= 15 is 0 Å². The highest BCUT2D eigenvalue weighted by molar-refractivity contribution is 7.99. The Hall–Kier alpha value is -2.67. The van der Waals surface area contributed by atoms with Gasteiger partial charge in [0.05, 0.1) is 16.1 Å². The van der Waals surface area contributed by atoms with Crippen molar-refractivity contribution in [2.75, 3.05) is 0 Å². The van der Waals surface area contributed by atoms with Crippen molar-refractivity contribution in [3.8, 4) is 0 Å². The van der Waals surface area contributed by atoms with Gasteiger partial charge in [-0.15, -0.1) is 0 Å². The maximum atomic E-state index is 11.9. The van der Waals surface area contributed by atoms with Crippen LogP contribution in [0.25, 0.3) is 0 Å². The second-order valence-corrected chi connectivity index (χ2v) is 5.44. The van der Waals surface area contributed by atoms with Crippen LogP contribution in [-0.2, 0) is 0 Å². The van der Waals surface area contributed by atoms with Crippen molar-refractivity contribution in [1.29, 1.82) is 0 Å². The number of non-ortho nitro benzene ring substituents is 1. The molecule has 0 spiro atoms. The number of rotatable bonds is 3. The van der Waals surface area contributed by atoms with Crippen molar-refractivity contribution in [2.24, 2.45) is 0 Å². The summed E-state index contributed by atoms with van der Waals surface area (Å²) in [5, 5.41) is 13.1. The Morgan fingerprint density at radius 3 is 2.43 bits per heavy atom. The highest BCUT2D eigenvalue weighted by Gasteiger charge is 2.32. The van der Waals surface area contributed by atoms with Crippen molar-refractivity contribution in [3.05, 3.63) is 63.7 Å². The number of carbonyl (C=O) groups excluding carboxylic acids is 2. The van der Waals surface area contributed by atoms with Gasteiger partial charge in [-0.05, 0) is 12.1 Å². The molecule has 0 bridgehead atoms. The number of nitro groups is 1. The van der Waals surface area contributed by atoms with Crippen molar-refractivity contribution in [3.63, 3.8) is 0 Å². The first kappa shape index (κ1) is 13.3. The average molecular weight is 300 g/mol. The summed E-state index contributed by atoms with van der Waals surface area (Å²) >= 11 is 1.21. The molecule has 2 amide bonds. The molecule has 0 atom stereocenters. The van der Waals surface area contributed by atoms with Crippen LogP contribution in [0.3, 0.4) is 0 Å². The van der Waals surface area contributed by atoms with E-state index in [-0.39, 0.29) is 16.8 Å². The van der Waals surface area contributed by atoms with Crippen LogP contribution in [0.15, 0.2) is 52.3 Å². The molecule has 0 aromatic heterocycles. The molecule has 1 aliphatic heterocycles. The summed E-state index contributed by atoms with van der Waals surface area (Å²) in [7, 11) is 0. The molecule has 0 aliphatic carbocycles. The molecule has 0 fully saturated rings. The molecule has 1 aliphatic rings. The van der Waals surface area contributed by atoms with Gasteiger partial charge in [0.1, 0.15) is 0 Å². The molecule has 104 valence electrons. The molecule has 7 heteroatoms. The number of benzene rings is 2. The predicted octanol–water partition coefficient (Wildman–Crippen LogP) is 2.63. The van der Waals surface area contributed by atoms with E-state index < -0.39 is 16.7 Å². The number of imide groups is 1. The highest BCUT2D eigenvalue weighted by atomic mass is 32.2. The number of nitro benzene ring substituents is 1. The van der Waals surface area contributed by atoms with Crippen LogP contribution in [0.2, 0.25) is 0 Å². The molecule has 1 N–H and O–H groups in total. The fraction of sp³-hybridized carbons (Fsp3) is 0. The van der Waals surface area contributed by atoms with Crippen LogP contribution in [0, 0.1) is 10.1 Å². The van der Waals surface area contributed by atoms with Crippen molar-refractivity contribution in [1.82, 2.24) is 5.32 Å². The van der Waals surface area contributed by atoms with Crippen LogP contribution in [-0.4, -0.2) is 16.7 Å². The zero-order chi connectivity index (χ0) is 15.0. The second-order valence-electron chi connectivity index (χ2n) is 4.32. The third kappa shape index (κ3) is 2.38. The number of hydrogen-bond acceptors (Lipinski definition) is 5. The lowest BCUT2D eigenvalue weighted by molar-refractivity contribution is -0.385. The quantitative estimate of drug-likeness (QED) is 0.534. The Labute approximate surface area is 123 Å². The van der Waals surface area contributed by atoms with E-state index in [1.165, 1.54) is 17.8 Å². The van der Waals surface area contributed by atoms with E-state index in [0.717, 1.165) is 11.0 Å². The Balaban J connectivity index is 2.15. The second kappa shape index (κ2) is 5.02. The predicted molar refractivity (Wildman–Crippen MR) is 75.5 cm³/mol. The molecule has 3 rings (SSSR count). The smallest absolute Gasteiger partial charge is 0.271 e. The number of nitrogens with one attached hydrogen (secondary N) is 1. The highest BCUT2D eigenvalue weighted by Crippen LogP contribution is 2.36. The van der Waals surface area contributed by atoms with E-state index in [4.69, 9.17) is 0 Å². The fourth-order valence-corrected chi connectivity index (χ4v) is 3.08. The minimum Gasteiger partial charge on any atom is -0.288 e. The van der Waals surface area contributed by atoms with E-state index in [0.29, 0.717) is 4.90 Å². The summed E-state index contributed by atoms with van der Waals surface area (Å²) in [6, 6.07) is 11.6. The molecule has 21 heavy (non-hydrogen) atoms. The lowest BCUT2D eigenvalue weighted by Gasteiger charge is -2.05. The molecule has 1 heterocycles. The Kier molecular flexibility index (Phi) is 3.19. The fourth-order valence-electron chi connectivity index (χ4n) is 2.05. The molecular formula is C14H8N2O4S. The van der Waals surface area contributed by atoms with Gasteiger partial charge in [0.15, 0.2) is 0 Å². The standard InChI is InChI=1S/C14H8N2O4S/c17-13-10-6-8(16(19)20)7-11(12(10)14(18)15-13)21-9-4-2-1-3-5-9/h1-7H,(H,15,17,18). The molecule has 2 aromatic carbocycles. The molecule has 0 saturated heterocycles. The summed E-state index contributed by atoms with van der Waals surface area (Å²) in [6.07, 6.45) is 0. The molecule has 0 radical (unpaired) electrons. The van der Waals surface area contributed by atoms with Gasteiger partial charge >= 0.3 is 0 Å². The topological polar surface area (TPSA) is 89.3 Å². The lowest BCUT2D eigenvalue weighted by atomic mass is 10.1. The molecular weight excluding hydrogens is 292 g/mol. The molecule has 6 nitrogen and oxygen atoms in total. The largest absolute Gasteiger partial charge is 0.288 e. The zero-order valence-corrected chi connectivity index (χ0v) is 11.3. The Bertz CT molecular complexity index is 774. The minimum atomic E-state index is -0.603. The number of nitrogens with zero attached hydrogens (tertiary/aromatic N) is 1. The Morgan fingerprint density at radius 2 is 1.76 bits per heavy atom. The summed E-state index contributed by atoms with van der Waals surface area (Å²) in [5.41, 5.74) is 0.0316. The van der Waals surface area contributed by atoms with Gasteiger partial charge in [0.25, 0.3) is 17.5 Å². The molecule has 2 aromatic rings. The molecule has 0 saturated carbocycles. The van der Waals surface area contributed by atoms with E-state index in [1.54, 1.807) is 0 Å². The van der Waals surface area contributed by atoms with Gasteiger partial charge in [-0.2, -0.15) is 0 Å². The summed E-state index contributed by atoms with van der Waals surface area (Å²) in [5.74, 6) is -1.13. The summed E-state index contributed by atoms with van der Waals surface area (Å²) < 4.78 is 0. The monoisotopic (exact) mass is 300 g/mol. The van der Waals surface area contributed by atoms with E-state index in [9.17, 15) is 19.7 Å². The van der Waals surface area contributed by atoms with Crippen LogP contribution < -0.4 is 5.32 Å². The maximum absolute atomic E-state index is 11.9. The first-order chi connectivity index (χ1) is 10.1. The van der Waals surface area contributed by atoms with Crippen LogP contribution in [0.1, 0.15) is 20.7 Å². The molecule has 0 unspecified atom stereocenters. The van der Waals surface area contributed by atoms with Gasteiger partial charge < -0.3 is 0 Å². The van der Waals surface area contributed by atoms with Crippen LogP contribution in [0.5, 0.6) is 0 Å². The van der Waals surface area contributed by atoms with Crippen molar-refractivity contribution >= 4 is 29.3 Å². The van der Waals surface area contributed by atoms with Gasteiger partial charge in [0, 0.05) is 21.9 Å². The van der Waals surface area contributed by atoms with Gasteiger partial charge in [-0.25, -0.2) is 0 Å². The summed E-state index contributed by atoms with van der Waals surface area (Å²) in [6.45, 7) is 0.